The van der Waals surface area contributed by atoms with E-state index in [1.807, 2.05) is 6.92 Å². The van der Waals surface area contributed by atoms with Crippen LogP contribution in [0.25, 0.3) is 0 Å². The van der Waals surface area contributed by atoms with Gasteiger partial charge in [-0.25, -0.2) is 0 Å². The summed E-state index contributed by atoms with van der Waals surface area (Å²) in [5.74, 6) is 1.31. The second-order valence-electron chi connectivity index (χ2n) is 4.33. The van der Waals surface area contributed by atoms with Gasteiger partial charge in [0.25, 0.3) is 0 Å². The maximum atomic E-state index is 4.53. The van der Waals surface area contributed by atoms with Gasteiger partial charge in [-0.15, -0.1) is 0 Å². The zero-order valence-electron chi connectivity index (χ0n) is 9.72. The van der Waals surface area contributed by atoms with Crippen LogP contribution in [-0.2, 0) is 6.54 Å². The molecule has 0 amide bonds. The number of hydrogen-bond acceptors (Lipinski definition) is 1. The number of alkyl halides is 1. The number of nitrogens with zero attached hydrogens (tertiary/aromatic N) is 2. The van der Waals surface area contributed by atoms with Crippen molar-refractivity contribution in [2.45, 2.75) is 34.2 Å². The zero-order valence-corrected chi connectivity index (χ0v) is 12.9. The van der Waals surface area contributed by atoms with Gasteiger partial charge in [0.15, 0.2) is 0 Å². The van der Waals surface area contributed by atoms with Crippen molar-refractivity contribution in [1.82, 2.24) is 9.78 Å². The van der Waals surface area contributed by atoms with Gasteiger partial charge in [0, 0.05) is 17.6 Å². The third kappa shape index (κ3) is 3.06. The zero-order chi connectivity index (χ0) is 11.6. The van der Waals surface area contributed by atoms with E-state index >= 15 is 0 Å². The Morgan fingerprint density at radius 3 is 2.27 bits per heavy atom. The molecule has 0 bridgehead atoms. The van der Waals surface area contributed by atoms with Gasteiger partial charge in [-0.3, -0.25) is 4.68 Å². The molecule has 1 unspecified atom stereocenters. The van der Waals surface area contributed by atoms with Crippen molar-refractivity contribution in [3.8, 4) is 0 Å². The lowest BCUT2D eigenvalue weighted by molar-refractivity contribution is 0.353. The van der Waals surface area contributed by atoms with E-state index in [0.717, 1.165) is 22.0 Å². The molecule has 0 aliphatic carbocycles. The van der Waals surface area contributed by atoms with Gasteiger partial charge in [0.2, 0.25) is 0 Å². The Kier molecular flexibility index (Phi) is 4.84. The van der Waals surface area contributed by atoms with E-state index < -0.39 is 0 Å². The van der Waals surface area contributed by atoms with E-state index in [2.05, 4.69) is 62.4 Å². The molecular formula is C11H18Br2N2. The molecule has 1 heterocycles. The second kappa shape index (κ2) is 5.48. The summed E-state index contributed by atoms with van der Waals surface area (Å²) in [5.41, 5.74) is 2.30. The molecule has 4 heteroatoms. The van der Waals surface area contributed by atoms with E-state index in [4.69, 9.17) is 0 Å². The molecule has 15 heavy (non-hydrogen) atoms. The van der Waals surface area contributed by atoms with Gasteiger partial charge in [0.1, 0.15) is 0 Å². The predicted octanol–water partition coefficient (Wildman–Crippen LogP) is 3.93. The number of rotatable bonds is 4. The number of halogens is 2. The first-order chi connectivity index (χ1) is 6.97. The van der Waals surface area contributed by atoms with Crippen LogP contribution in [0.4, 0.5) is 0 Å². The highest BCUT2D eigenvalue weighted by Gasteiger charge is 2.16. The normalized spacial score (nSPS) is 13.5. The predicted molar refractivity (Wildman–Crippen MR) is 71.5 cm³/mol. The first-order valence-electron chi connectivity index (χ1n) is 5.22. The summed E-state index contributed by atoms with van der Waals surface area (Å²) < 4.78 is 3.24. The molecule has 0 radical (unpaired) electrons. The fourth-order valence-corrected chi connectivity index (χ4v) is 2.75. The number of aromatic nitrogens is 2. The Labute approximate surface area is 109 Å². The summed E-state index contributed by atoms with van der Waals surface area (Å²) >= 11 is 7.12. The average Bonchev–Trinajstić information content (AvgIpc) is 2.42. The lowest BCUT2D eigenvalue weighted by Crippen LogP contribution is -2.19. The van der Waals surface area contributed by atoms with E-state index in [1.54, 1.807) is 0 Å². The Balaban J connectivity index is 2.84. The fraction of sp³-hybridized carbons (Fsp3) is 0.727. The maximum absolute atomic E-state index is 4.53. The van der Waals surface area contributed by atoms with E-state index in [0.29, 0.717) is 11.8 Å². The molecule has 0 saturated carbocycles. The highest BCUT2D eigenvalue weighted by molar-refractivity contribution is 9.10. The van der Waals surface area contributed by atoms with E-state index in [-0.39, 0.29) is 0 Å². The summed E-state index contributed by atoms with van der Waals surface area (Å²) in [6.45, 7) is 9.64. The molecule has 0 N–H and O–H groups in total. The van der Waals surface area contributed by atoms with E-state index in [9.17, 15) is 0 Å². The first-order valence-corrected chi connectivity index (χ1v) is 7.14. The van der Waals surface area contributed by atoms with Crippen molar-refractivity contribution in [3.63, 3.8) is 0 Å². The van der Waals surface area contributed by atoms with Crippen molar-refractivity contribution in [2.75, 3.05) is 5.33 Å². The quantitative estimate of drug-likeness (QED) is 0.761. The van der Waals surface area contributed by atoms with Gasteiger partial charge >= 0.3 is 0 Å². The van der Waals surface area contributed by atoms with Crippen molar-refractivity contribution in [2.24, 2.45) is 11.8 Å². The van der Waals surface area contributed by atoms with Gasteiger partial charge in [0.05, 0.1) is 10.2 Å². The molecule has 1 rings (SSSR count). The molecule has 0 aliphatic rings. The van der Waals surface area contributed by atoms with Crippen LogP contribution in [0, 0.1) is 25.7 Å². The first kappa shape index (κ1) is 13.2. The van der Waals surface area contributed by atoms with Crippen LogP contribution in [0.1, 0.15) is 25.2 Å². The van der Waals surface area contributed by atoms with E-state index in [1.165, 1.54) is 5.69 Å². The standard InChI is InChI=1S/C11H18Br2N2/c1-7(2)10(5-12)6-15-9(4)11(13)8(3)14-15/h7,10H,5-6H2,1-4H3. The second-order valence-corrected chi connectivity index (χ2v) is 5.77. The van der Waals surface area contributed by atoms with Crippen LogP contribution in [0.5, 0.6) is 0 Å². The Bertz CT molecular complexity index is 332. The highest BCUT2D eigenvalue weighted by atomic mass is 79.9. The van der Waals surface area contributed by atoms with Crippen molar-refractivity contribution in [1.29, 1.82) is 0 Å². The Morgan fingerprint density at radius 2 is 1.93 bits per heavy atom. The largest absolute Gasteiger partial charge is 0.268 e. The van der Waals surface area contributed by atoms with Crippen LogP contribution < -0.4 is 0 Å². The lowest BCUT2D eigenvalue weighted by atomic mass is 9.98. The highest BCUT2D eigenvalue weighted by Crippen LogP contribution is 2.23. The minimum atomic E-state index is 0.634. The summed E-state index contributed by atoms with van der Waals surface area (Å²) in [6, 6.07) is 0. The molecular weight excluding hydrogens is 320 g/mol. The molecule has 0 saturated heterocycles. The van der Waals surface area contributed by atoms with Crippen LogP contribution in [0.2, 0.25) is 0 Å². The molecule has 0 fully saturated rings. The van der Waals surface area contributed by atoms with Gasteiger partial charge in [-0.1, -0.05) is 29.8 Å². The average molecular weight is 338 g/mol. The Morgan fingerprint density at radius 1 is 1.33 bits per heavy atom. The van der Waals surface area contributed by atoms with Crippen LogP contribution in [-0.4, -0.2) is 15.1 Å². The van der Waals surface area contributed by atoms with Crippen molar-refractivity contribution >= 4 is 31.9 Å². The number of hydrogen-bond donors (Lipinski definition) is 0. The summed E-state index contributed by atoms with van der Waals surface area (Å²) in [7, 11) is 0. The third-order valence-corrected chi connectivity index (χ3v) is 4.82. The van der Waals surface area contributed by atoms with Crippen LogP contribution in [0.3, 0.4) is 0 Å². The number of aryl methyl sites for hydroxylation is 1. The molecule has 1 aromatic rings. The van der Waals surface area contributed by atoms with Crippen molar-refractivity contribution < 1.29 is 0 Å². The van der Waals surface area contributed by atoms with Crippen LogP contribution in [0.15, 0.2) is 4.47 Å². The summed E-state index contributed by atoms with van der Waals surface area (Å²) in [4.78, 5) is 0. The Hall–Kier alpha value is 0.170. The minimum Gasteiger partial charge on any atom is -0.268 e. The van der Waals surface area contributed by atoms with Gasteiger partial charge in [-0.2, -0.15) is 5.10 Å². The van der Waals surface area contributed by atoms with Gasteiger partial charge in [-0.05, 0) is 41.6 Å². The topological polar surface area (TPSA) is 17.8 Å². The molecule has 0 spiro atoms. The molecule has 1 aromatic heterocycles. The monoisotopic (exact) mass is 336 g/mol. The third-order valence-electron chi connectivity index (χ3n) is 2.84. The van der Waals surface area contributed by atoms with Crippen molar-refractivity contribution in [3.05, 3.63) is 15.9 Å². The molecule has 1 atom stereocenters. The summed E-state index contributed by atoms with van der Waals surface area (Å²) in [5, 5.41) is 5.56. The summed E-state index contributed by atoms with van der Waals surface area (Å²) in [6.07, 6.45) is 0. The smallest absolute Gasteiger partial charge is 0.0738 e. The minimum absolute atomic E-state index is 0.634. The SMILES string of the molecule is Cc1nn(CC(CBr)C(C)C)c(C)c1Br. The molecule has 2 nitrogen and oxygen atoms in total. The fourth-order valence-electron chi connectivity index (χ4n) is 1.51. The molecule has 0 aromatic carbocycles. The maximum Gasteiger partial charge on any atom is 0.0738 e. The lowest BCUT2D eigenvalue weighted by Gasteiger charge is -2.18. The van der Waals surface area contributed by atoms with Gasteiger partial charge < -0.3 is 0 Å². The molecule has 86 valence electrons. The van der Waals surface area contributed by atoms with Crippen LogP contribution >= 0.6 is 31.9 Å². The molecule has 0 aliphatic heterocycles.